The van der Waals surface area contributed by atoms with Gasteiger partial charge in [-0.05, 0) is 67.8 Å². The number of para-hydroxylation sites is 1. The second-order valence-electron chi connectivity index (χ2n) is 7.33. The first-order valence-electron chi connectivity index (χ1n) is 9.88. The Morgan fingerprint density at radius 1 is 1.06 bits per heavy atom. The standard InChI is InChI=1S/C24H22N4O2S/c1-15-11-12-25-21(13-15)28-23(30)18-8-4-5-9-20(18)27-24(28)31-14-22(29)26-19-10-6-7-16(2)17(19)3/h4-13H,14H2,1-3H3,(H,26,29). The monoisotopic (exact) mass is 430 g/mol. The van der Waals surface area contributed by atoms with Gasteiger partial charge in [-0.15, -0.1) is 0 Å². The van der Waals surface area contributed by atoms with E-state index in [1.54, 1.807) is 18.3 Å². The number of anilines is 1. The molecule has 0 aliphatic rings. The molecule has 0 bridgehead atoms. The molecule has 0 atom stereocenters. The Morgan fingerprint density at radius 2 is 1.87 bits per heavy atom. The summed E-state index contributed by atoms with van der Waals surface area (Å²) in [6.07, 6.45) is 1.66. The second kappa shape index (κ2) is 8.73. The van der Waals surface area contributed by atoms with Crippen molar-refractivity contribution in [3.8, 4) is 5.82 Å². The number of carbonyl (C=O) groups excluding carboxylic acids is 1. The fourth-order valence-electron chi connectivity index (χ4n) is 3.26. The maximum Gasteiger partial charge on any atom is 0.267 e. The number of thioether (sulfide) groups is 1. The molecule has 2 aromatic carbocycles. The summed E-state index contributed by atoms with van der Waals surface area (Å²) in [6.45, 7) is 5.92. The van der Waals surface area contributed by atoms with Gasteiger partial charge in [0.1, 0.15) is 5.82 Å². The molecule has 1 N–H and O–H groups in total. The van der Waals surface area contributed by atoms with E-state index in [1.807, 2.05) is 63.2 Å². The summed E-state index contributed by atoms with van der Waals surface area (Å²) in [5.41, 5.74) is 4.30. The Labute approximate surface area is 184 Å². The fraction of sp³-hybridized carbons (Fsp3) is 0.167. The molecule has 2 aromatic heterocycles. The van der Waals surface area contributed by atoms with E-state index in [-0.39, 0.29) is 17.2 Å². The van der Waals surface area contributed by atoms with Gasteiger partial charge < -0.3 is 5.32 Å². The van der Waals surface area contributed by atoms with E-state index in [0.29, 0.717) is 21.9 Å². The van der Waals surface area contributed by atoms with Crippen LogP contribution >= 0.6 is 11.8 Å². The zero-order valence-electron chi connectivity index (χ0n) is 17.5. The summed E-state index contributed by atoms with van der Waals surface area (Å²) >= 11 is 1.21. The zero-order valence-corrected chi connectivity index (χ0v) is 18.4. The molecule has 0 saturated carbocycles. The van der Waals surface area contributed by atoms with Gasteiger partial charge in [0, 0.05) is 11.9 Å². The molecule has 0 radical (unpaired) electrons. The number of hydrogen-bond donors (Lipinski definition) is 1. The maximum atomic E-state index is 13.2. The molecule has 156 valence electrons. The smallest absolute Gasteiger partial charge is 0.267 e. The first-order valence-corrected chi connectivity index (χ1v) is 10.9. The number of nitrogens with zero attached hydrogens (tertiary/aromatic N) is 3. The first-order chi connectivity index (χ1) is 14.9. The van der Waals surface area contributed by atoms with Gasteiger partial charge >= 0.3 is 0 Å². The summed E-state index contributed by atoms with van der Waals surface area (Å²) in [5.74, 6) is 0.440. The summed E-state index contributed by atoms with van der Waals surface area (Å²) < 4.78 is 1.48. The maximum absolute atomic E-state index is 13.2. The topological polar surface area (TPSA) is 76.9 Å². The number of aromatic nitrogens is 3. The molecule has 31 heavy (non-hydrogen) atoms. The van der Waals surface area contributed by atoms with Crippen LogP contribution in [-0.2, 0) is 4.79 Å². The molecule has 0 aliphatic heterocycles. The van der Waals surface area contributed by atoms with Crippen molar-refractivity contribution in [2.24, 2.45) is 0 Å². The minimum Gasteiger partial charge on any atom is -0.325 e. The SMILES string of the molecule is Cc1ccnc(-n2c(SCC(=O)Nc3cccc(C)c3C)nc3ccccc3c2=O)c1. The van der Waals surface area contributed by atoms with Gasteiger partial charge in [-0.25, -0.2) is 14.5 Å². The highest BCUT2D eigenvalue weighted by atomic mass is 32.2. The third-order valence-electron chi connectivity index (χ3n) is 5.09. The van der Waals surface area contributed by atoms with Crippen molar-refractivity contribution < 1.29 is 4.79 Å². The number of benzene rings is 2. The molecular formula is C24H22N4O2S. The lowest BCUT2D eigenvalue weighted by molar-refractivity contribution is -0.113. The van der Waals surface area contributed by atoms with Crippen molar-refractivity contribution in [1.29, 1.82) is 0 Å². The molecule has 6 nitrogen and oxygen atoms in total. The molecule has 0 saturated heterocycles. The van der Waals surface area contributed by atoms with E-state index in [9.17, 15) is 9.59 Å². The minimum absolute atomic E-state index is 0.115. The summed E-state index contributed by atoms with van der Waals surface area (Å²) in [4.78, 5) is 34.9. The average Bonchev–Trinajstić information content (AvgIpc) is 2.75. The van der Waals surface area contributed by atoms with Crippen LogP contribution < -0.4 is 10.9 Å². The van der Waals surface area contributed by atoms with Crippen molar-refractivity contribution in [2.45, 2.75) is 25.9 Å². The fourth-order valence-corrected chi connectivity index (χ4v) is 4.06. The number of aryl methyl sites for hydroxylation is 2. The van der Waals surface area contributed by atoms with Gasteiger partial charge in [-0.3, -0.25) is 9.59 Å². The van der Waals surface area contributed by atoms with E-state index in [2.05, 4.69) is 15.3 Å². The Morgan fingerprint density at radius 3 is 2.68 bits per heavy atom. The van der Waals surface area contributed by atoms with E-state index in [0.717, 1.165) is 22.4 Å². The van der Waals surface area contributed by atoms with E-state index < -0.39 is 0 Å². The van der Waals surface area contributed by atoms with Crippen LogP contribution in [0, 0.1) is 20.8 Å². The highest BCUT2D eigenvalue weighted by molar-refractivity contribution is 7.99. The zero-order chi connectivity index (χ0) is 22.0. The molecule has 4 rings (SSSR count). The van der Waals surface area contributed by atoms with Gasteiger partial charge in [0.2, 0.25) is 5.91 Å². The van der Waals surface area contributed by atoms with E-state index in [1.165, 1.54) is 16.3 Å². The normalized spacial score (nSPS) is 10.9. The van der Waals surface area contributed by atoms with Crippen molar-refractivity contribution in [3.05, 3.63) is 87.8 Å². The highest BCUT2D eigenvalue weighted by Crippen LogP contribution is 2.22. The van der Waals surface area contributed by atoms with Crippen LogP contribution in [0.5, 0.6) is 0 Å². The number of pyridine rings is 1. The van der Waals surface area contributed by atoms with Crippen LogP contribution in [0.4, 0.5) is 5.69 Å². The van der Waals surface area contributed by atoms with Gasteiger partial charge in [-0.1, -0.05) is 36.0 Å². The molecule has 4 aromatic rings. The average molecular weight is 431 g/mol. The third-order valence-corrected chi connectivity index (χ3v) is 6.02. The molecule has 0 spiro atoms. The number of carbonyl (C=O) groups is 1. The molecule has 1 amide bonds. The number of hydrogen-bond acceptors (Lipinski definition) is 5. The van der Waals surface area contributed by atoms with Crippen LogP contribution in [0.25, 0.3) is 16.7 Å². The molecule has 0 aliphatic carbocycles. The van der Waals surface area contributed by atoms with Crippen molar-refractivity contribution in [3.63, 3.8) is 0 Å². The Kier molecular flexibility index (Phi) is 5.86. The van der Waals surface area contributed by atoms with Crippen LogP contribution in [0.2, 0.25) is 0 Å². The number of fused-ring (bicyclic) bond motifs is 1. The van der Waals surface area contributed by atoms with Crippen LogP contribution in [0.3, 0.4) is 0 Å². The molecule has 2 heterocycles. The summed E-state index contributed by atoms with van der Waals surface area (Å²) in [6, 6.07) is 16.7. The van der Waals surface area contributed by atoms with Crippen LogP contribution in [-0.4, -0.2) is 26.2 Å². The molecule has 0 fully saturated rings. The van der Waals surface area contributed by atoms with Crippen LogP contribution in [0.15, 0.2) is 70.7 Å². The third kappa shape index (κ3) is 4.36. The van der Waals surface area contributed by atoms with E-state index in [4.69, 9.17) is 0 Å². The minimum atomic E-state index is -0.207. The number of amides is 1. The van der Waals surface area contributed by atoms with Crippen molar-refractivity contribution >= 4 is 34.3 Å². The second-order valence-corrected chi connectivity index (χ2v) is 8.27. The highest BCUT2D eigenvalue weighted by Gasteiger charge is 2.16. The van der Waals surface area contributed by atoms with Gasteiger partial charge in [0.05, 0.1) is 16.7 Å². The predicted octanol–water partition coefficient (Wildman–Crippen LogP) is 4.44. The quantitative estimate of drug-likeness (QED) is 0.374. The Balaban J connectivity index is 1.68. The largest absolute Gasteiger partial charge is 0.325 e. The van der Waals surface area contributed by atoms with E-state index >= 15 is 0 Å². The van der Waals surface area contributed by atoms with Gasteiger partial charge in [0.15, 0.2) is 5.16 Å². The van der Waals surface area contributed by atoms with Gasteiger partial charge in [-0.2, -0.15) is 0 Å². The number of nitrogens with one attached hydrogen (secondary N) is 1. The molecule has 0 unspecified atom stereocenters. The van der Waals surface area contributed by atoms with Crippen molar-refractivity contribution in [2.75, 3.05) is 11.1 Å². The lowest BCUT2D eigenvalue weighted by atomic mass is 10.1. The van der Waals surface area contributed by atoms with Crippen molar-refractivity contribution in [1.82, 2.24) is 14.5 Å². The first kappa shape index (κ1) is 20.8. The molecule has 7 heteroatoms. The Hall–Kier alpha value is -3.45. The molecular weight excluding hydrogens is 408 g/mol. The summed E-state index contributed by atoms with van der Waals surface area (Å²) in [5, 5.41) is 3.89. The van der Waals surface area contributed by atoms with Gasteiger partial charge in [0.25, 0.3) is 5.56 Å². The Bertz CT molecular complexity index is 1350. The predicted molar refractivity (Wildman–Crippen MR) is 125 cm³/mol. The van der Waals surface area contributed by atoms with Crippen LogP contribution in [0.1, 0.15) is 16.7 Å². The lowest BCUT2D eigenvalue weighted by Crippen LogP contribution is -2.23. The lowest BCUT2D eigenvalue weighted by Gasteiger charge is -2.13. The summed E-state index contributed by atoms with van der Waals surface area (Å²) in [7, 11) is 0. The number of rotatable bonds is 5.